The van der Waals surface area contributed by atoms with Crippen molar-refractivity contribution < 1.29 is 9.59 Å². The topological polar surface area (TPSA) is 84.2 Å². The van der Waals surface area contributed by atoms with Crippen molar-refractivity contribution in [1.82, 2.24) is 5.32 Å². The lowest BCUT2D eigenvalue weighted by Gasteiger charge is -2.15. The fourth-order valence-corrected chi connectivity index (χ4v) is 2.17. The zero-order chi connectivity index (χ0) is 15.8. The number of carbonyl (C=O) groups is 2. The van der Waals surface area contributed by atoms with E-state index >= 15 is 0 Å². The molecule has 0 bridgehead atoms. The number of thioether (sulfide) groups is 1. The molecular formula is C15H23N3O2S. The van der Waals surface area contributed by atoms with Gasteiger partial charge in [-0.15, -0.1) is 0 Å². The first-order valence-corrected chi connectivity index (χ1v) is 8.24. The summed E-state index contributed by atoms with van der Waals surface area (Å²) in [6.07, 6.45) is 2.04. The Morgan fingerprint density at radius 1 is 1.24 bits per heavy atom. The van der Waals surface area contributed by atoms with E-state index in [1.807, 2.05) is 44.4 Å². The summed E-state index contributed by atoms with van der Waals surface area (Å²) in [5, 5.41) is 5.27. The fourth-order valence-electron chi connectivity index (χ4n) is 1.64. The summed E-state index contributed by atoms with van der Waals surface area (Å²) in [5.74, 6) is 0.404. The highest BCUT2D eigenvalue weighted by Gasteiger charge is 2.17. The Morgan fingerprint density at radius 3 is 2.38 bits per heavy atom. The molecule has 0 heterocycles. The van der Waals surface area contributed by atoms with Crippen molar-refractivity contribution >= 4 is 29.3 Å². The molecule has 6 heteroatoms. The maximum Gasteiger partial charge on any atom is 0.243 e. The Kier molecular flexibility index (Phi) is 7.25. The normalized spacial score (nSPS) is 12.0. The van der Waals surface area contributed by atoms with Gasteiger partial charge >= 0.3 is 0 Å². The van der Waals surface area contributed by atoms with Gasteiger partial charge in [0.1, 0.15) is 0 Å². The summed E-state index contributed by atoms with van der Waals surface area (Å²) in [5.41, 5.74) is 7.62. The highest BCUT2D eigenvalue weighted by Crippen LogP contribution is 2.13. The smallest absolute Gasteiger partial charge is 0.243 e. The van der Waals surface area contributed by atoms with Crippen LogP contribution in [0.1, 0.15) is 19.4 Å². The van der Waals surface area contributed by atoms with Crippen molar-refractivity contribution in [3.8, 4) is 0 Å². The Morgan fingerprint density at radius 2 is 1.86 bits per heavy atom. The predicted octanol–water partition coefficient (Wildman–Crippen LogP) is 1.59. The van der Waals surface area contributed by atoms with E-state index in [4.69, 9.17) is 5.73 Å². The standard InChI is InChI=1S/C15H23N3O2S/c1-10(2)14(16)15(20)17-8-13(19)18-12-6-4-11(5-7-12)9-21-3/h4-7,10,14H,8-9,16H2,1-3H3,(H,17,20)(H,18,19)/t14-/m0/s1. The molecule has 21 heavy (non-hydrogen) atoms. The van der Waals surface area contributed by atoms with Crippen LogP contribution in [0.25, 0.3) is 0 Å². The highest BCUT2D eigenvalue weighted by atomic mass is 32.2. The maximum absolute atomic E-state index is 11.7. The van der Waals surface area contributed by atoms with E-state index < -0.39 is 6.04 Å². The predicted molar refractivity (Wildman–Crippen MR) is 88.1 cm³/mol. The van der Waals surface area contributed by atoms with Gasteiger partial charge in [-0.2, -0.15) is 11.8 Å². The van der Waals surface area contributed by atoms with Crippen LogP contribution in [0, 0.1) is 5.92 Å². The van der Waals surface area contributed by atoms with Crippen molar-refractivity contribution in [2.24, 2.45) is 11.7 Å². The first kappa shape index (κ1) is 17.5. The van der Waals surface area contributed by atoms with Crippen LogP contribution in [0.3, 0.4) is 0 Å². The van der Waals surface area contributed by atoms with Gasteiger partial charge in [0.2, 0.25) is 11.8 Å². The second-order valence-corrected chi connectivity index (χ2v) is 6.03. The van der Waals surface area contributed by atoms with E-state index in [-0.39, 0.29) is 24.3 Å². The van der Waals surface area contributed by atoms with Crippen molar-refractivity contribution in [2.45, 2.75) is 25.6 Å². The SMILES string of the molecule is CSCc1ccc(NC(=O)CNC(=O)[C@@H](N)C(C)C)cc1. The van der Waals surface area contributed by atoms with Crippen molar-refractivity contribution in [2.75, 3.05) is 18.1 Å². The van der Waals surface area contributed by atoms with E-state index in [0.717, 1.165) is 5.75 Å². The average molecular weight is 309 g/mol. The van der Waals surface area contributed by atoms with Crippen LogP contribution >= 0.6 is 11.8 Å². The molecule has 0 spiro atoms. The minimum atomic E-state index is -0.594. The van der Waals surface area contributed by atoms with Crippen LogP contribution in [0.15, 0.2) is 24.3 Å². The minimum absolute atomic E-state index is 0.0389. The number of hydrogen-bond donors (Lipinski definition) is 3. The zero-order valence-corrected chi connectivity index (χ0v) is 13.5. The second-order valence-electron chi connectivity index (χ2n) is 5.17. The number of hydrogen-bond acceptors (Lipinski definition) is 4. The molecule has 0 unspecified atom stereocenters. The lowest BCUT2D eigenvalue weighted by atomic mass is 10.1. The van der Waals surface area contributed by atoms with E-state index in [2.05, 4.69) is 10.6 Å². The van der Waals surface area contributed by atoms with Crippen LogP contribution in [-0.2, 0) is 15.3 Å². The van der Waals surface area contributed by atoms with Gasteiger partial charge in [0.05, 0.1) is 12.6 Å². The quantitative estimate of drug-likeness (QED) is 0.714. The van der Waals surface area contributed by atoms with Crippen LogP contribution in [0.5, 0.6) is 0 Å². The summed E-state index contributed by atoms with van der Waals surface area (Å²) in [4.78, 5) is 23.4. The monoisotopic (exact) mass is 309 g/mol. The van der Waals surface area contributed by atoms with Crippen molar-refractivity contribution in [3.05, 3.63) is 29.8 Å². The van der Waals surface area contributed by atoms with Crippen LogP contribution in [0.4, 0.5) is 5.69 Å². The molecule has 0 fully saturated rings. The lowest BCUT2D eigenvalue weighted by Crippen LogP contribution is -2.46. The van der Waals surface area contributed by atoms with Gasteiger partial charge in [-0.3, -0.25) is 9.59 Å². The summed E-state index contributed by atoms with van der Waals surface area (Å²) in [7, 11) is 0. The average Bonchev–Trinajstić information content (AvgIpc) is 2.46. The van der Waals surface area contributed by atoms with Crippen molar-refractivity contribution in [1.29, 1.82) is 0 Å². The molecule has 5 nitrogen and oxygen atoms in total. The first-order valence-electron chi connectivity index (χ1n) is 6.85. The summed E-state index contributed by atoms with van der Waals surface area (Å²) in [6, 6.07) is 7.05. The first-order chi connectivity index (χ1) is 9.93. The van der Waals surface area contributed by atoms with Gasteiger partial charge in [-0.1, -0.05) is 26.0 Å². The second kappa shape index (κ2) is 8.69. The molecule has 0 aromatic heterocycles. The zero-order valence-electron chi connectivity index (χ0n) is 12.7. The Hall–Kier alpha value is -1.53. The number of benzene rings is 1. The summed E-state index contributed by atoms with van der Waals surface area (Å²) >= 11 is 1.74. The van der Waals surface area contributed by atoms with Gasteiger partial charge < -0.3 is 16.4 Å². The molecule has 0 aliphatic heterocycles. The third-order valence-electron chi connectivity index (χ3n) is 2.99. The van der Waals surface area contributed by atoms with Gasteiger partial charge in [0.15, 0.2) is 0 Å². The van der Waals surface area contributed by atoms with Crippen molar-refractivity contribution in [3.63, 3.8) is 0 Å². The Labute approximate surface area is 130 Å². The maximum atomic E-state index is 11.7. The molecule has 0 saturated carbocycles. The molecule has 0 saturated heterocycles. The minimum Gasteiger partial charge on any atom is -0.346 e. The molecule has 1 aromatic rings. The molecule has 1 atom stereocenters. The fraction of sp³-hybridized carbons (Fsp3) is 0.467. The van der Waals surface area contributed by atoms with Crippen LogP contribution in [0.2, 0.25) is 0 Å². The molecule has 116 valence electrons. The summed E-state index contributed by atoms with van der Waals surface area (Å²) < 4.78 is 0. The van der Waals surface area contributed by atoms with E-state index in [1.165, 1.54) is 5.56 Å². The third kappa shape index (κ3) is 6.18. The molecule has 1 rings (SSSR count). The number of rotatable bonds is 7. The number of carbonyl (C=O) groups excluding carboxylic acids is 2. The Balaban J connectivity index is 2.41. The molecular weight excluding hydrogens is 286 g/mol. The largest absolute Gasteiger partial charge is 0.346 e. The molecule has 0 aliphatic rings. The lowest BCUT2D eigenvalue weighted by molar-refractivity contribution is -0.125. The van der Waals surface area contributed by atoms with Crippen LogP contribution in [-0.4, -0.2) is 30.7 Å². The number of nitrogens with two attached hydrogens (primary N) is 1. The number of amides is 2. The number of nitrogens with one attached hydrogen (secondary N) is 2. The van der Waals surface area contributed by atoms with E-state index in [9.17, 15) is 9.59 Å². The summed E-state index contributed by atoms with van der Waals surface area (Å²) in [6.45, 7) is 3.65. The van der Waals surface area contributed by atoms with E-state index in [0.29, 0.717) is 5.69 Å². The molecule has 0 radical (unpaired) electrons. The highest BCUT2D eigenvalue weighted by molar-refractivity contribution is 7.97. The van der Waals surface area contributed by atoms with Gasteiger partial charge in [0, 0.05) is 11.4 Å². The molecule has 0 aliphatic carbocycles. The molecule has 2 amide bonds. The number of anilines is 1. The van der Waals surface area contributed by atoms with E-state index in [1.54, 1.807) is 11.8 Å². The van der Waals surface area contributed by atoms with Crippen LogP contribution < -0.4 is 16.4 Å². The Bertz CT molecular complexity index is 474. The van der Waals surface area contributed by atoms with Gasteiger partial charge in [-0.05, 0) is 29.9 Å². The van der Waals surface area contributed by atoms with Gasteiger partial charge in [-0.25, -0.2) is 0 Å². The van der Waals surface area contributed by atoms with Gasteiger partial charge in [0.25, 0.3) is 0 Å². The third-order valence-corrected chi connectivity index (χ3v) is 3.61. The molecule has 4 N–H and O–H groups in total. The molecule has 1 aromatic carbocycles.